The second-order valence-corrected chi connectivity index (χ2v) is 5.87. The summed E-state index contributed by atoms with van der Waals surface area (Å²) in [7, 11) is -1.83. The Labute approximate surface area is 100 Å². The molecule has 7 heteroatoms. The van der Waals surface area contributed by atoms with Gasteiger partial charge in [-0.3, -0.25) is 0 Å². The van der Waals surface area contributed by atoms with Crippen LogP contribution in [0.2, 0.25) is 0 Å². The van der Waals surface area contributed by atoms with Crippen LogP contribution < -0.4 is 5.32 Å². The third kappa shape index (κ3) is 2.41. The van der Waals surface area contributed by atoms with Crippen LogP contribution >= 0.6 is 0 Å². The lowest BCUT2D eigenvalue weighted by Gasteiger charge is -2.15. The molecular weight excluding hydrogens is 242 g/mol. The number of hydrogen-bond acceptors (Lipinski definition) is 5. The molecule has 0 amide bonds. The van der Waals surface area contributed by atoms with Crippen LogP contribution in [-0.2, 0) is 10.0 Å². The smallest absolute Gasteiger partial charge is 0.243 e. The Morgan fingerprint density at radius 1 is 1.59 bits per heavy atom. The van der Waals surface area contributed by atoms with Gasteiger partial charge in [0.15, 0.2) is 0 Å². The first-order chi connectivity index (χ1) is 8.04. The van der Waals surface area contributed by atoms with E-state index in [0.717, 1.165) is 0 Å². The van der Waals surface area contributed by atoms with Gasteiger partial charge in [0, 0.05) is 32.4 Å². The predicted octanol–water partition coefficient (Wildman–Crippen LogP) is -0.121. The van der Waals surface area contributed by atoms with Gasteiger partial charge in [-0.1, -0.05) is 0 Å². The van der Waals surface area contributed by atoms with E-state index in [2.05, 4.69) is 10.3 Å². The van der Waals surface area contributed by atoms with Gasteiger partial charge >= 0.3 is 0 Å². The first-order valence-electron chi connectivity index (χ1n) is 5.36. The highest BCUT2D eigenvalue weighted by Gasteiger charge is 2.31. The zero-order valence-electron chi connectivity index (χ0n) is 9.50. The number of aromatic nitrogens is 1. The summed E-state index contributed by atoms with van der Waals surface area (Å²) in [6, 6.07) is 2.95. The zero-order valence-corrected chi connectivity index (χ0v) is 10.3. The van der Waals surface area contributed by atoms with Gasteiger partial charge < -0.3 is 10.4 Å². The van der Waals surface area contributed by atoms with Crippen LogP contribution in [0, 0.1) is 0 Å². The topological polar surface area (TPSA) is 82.5 Å². The van der Waals surface area contributed by atoms with Crippen molar-refractivity contribution < 1.29 is 13.5 Å². The normalized spacial score (nSPS) is 21.6. The molecule has 1 fully saturated rings. The molecule has 1 aromatic heterocycles. The number of rotatable bonds is 3. The van der Waals surface area contributed by atoms with Crippen molar-refractivity contribution >= 4 is 15.8 Å². The van der Waals surface area contributed by atoms with Gasteiger partial charge in [0.05, 0.1) is 11.0 Å². The van der Waals surface area contributed by atoms with E-state index in [-0.39, 0.29) is 11.4 Å². The van der Waals surface area contributed by atoms with E-state index < -0.39 is 16.1 Å². The molecule has 0 aliphatic carbocycles. The number of pyridine rings is 1. The lowest BCUT2D eigenvalue weighted by atomic mass is 10.3. The van der Waals surface area contributed by atoms with Crippen molar-refractivity contribution in [2.24, 2.45) is 0 Å². The average molecular weight is 257 g/mol. The molecule has 2 heterocycles. The fourth-order valence-corrected chi connectivity index (χ4v) is 3.29. The number of aliphatic hydroxyl groups is 1. The molecule has 1 aromatic rings. The molecular formula is C10H15N3O3S. The summed E-state index contributed by atoms with van der Waals surface area (Å²) in [5.41, 5.74) is 0. The van der Waals surface area contributed by atoms with Crippen LogP contribution in [0.1, 0.15) is 6.42 Å². The van der Waals surface area contributed by atoms with Crippen molar-refractivity contribution in [2.75, 3.05) is 25.5 Å². The third-order valence-electron chi connectivity index (χ3n) is 2.75. The Hall–Kier alpha value is -1.18. The van der Waals surface area contributed by atoms with Crippen LogP contribution in [0.15, 0.2) is 23.2 Å². The van der Waals surface area contributed by atoms with Gasteiger partial charge in [0.25, 0.3) is 0 Å². The largest absolute Gasteiger partial charge is 0.392 e. The van der Waals surface area contributed by atoms with E-state index in [1.165, 1.54) is 22.6 Å². The maximum atomic E-state index is 12.2. The van der Waals surface area contributed by atoms with Crippen LogP contribution in [-0.4, -0.2) is 49.1 Å². The molecule has 0 spiro atoms. The number of sulfonamides is 1. The SMILES string of the molecule is CNc1cc(S(=O)(=O)N2CCC(O)C2)ccn1. The van der Waals surface area contributed by atoms with Crippen molar-refractivity contribution in [1.29, 1.82) is 0 Å². The van der Waals surface area contributed by atoms with Crippen LogP contribution in [0.4, 0.5) is 5.82 Å². The highest BCUT2D eigenvalue weighted by molar-refractivity contribution is 7.89. The molecule has 94 valence electrons. The molecule has 2 N–H and O–H groups in total. The molecule has 1 aliphatic rings. The summed E-state index contributed by atoms with van der Waals surface area (Å²) >= 11 is 0. The Balaban J connectivity index is 2.31. The lowest BCUT2D eigenvalue weighted by Crippen LogP contribution is -2.29. The maximum Gasteiger partial charge on any atom is 0.243 e. The van der Waals surface area contributed by atoms with Gasteiger partial charge in [-0.2, -0.15) is 4.31 Å². The van der Waals surface area contributed by atoms with E-state index in [1.807, 2.05) is 0 Å². The maximum absolute atomic E-state index is 12.2. The predicted molar refractivity (Wildman–Crippen MR) is 63.2 cm³/mol. The number of aliphatic hydroxyl groups excluding tert-OH is 1. The van der Waals surface area contributed by atoms with Crippen molar-refractivity contribution in [3.8, 4) is 0 Å². The molecule has 0 aromatic carbocycles. The summed E-state index contributed by atoms with van der Waals surface area (Å²) in [4.78, 5) is 4.17. The third-order valence-corrected chi connectivity index (χ3v) is 4.61. The number of β-amino-alcohol motifs (C(OH)–C–C–N with tert-alkyl or cyclic N) is 1. The number of nitrogens with one attached hydrogen (secondary N) is 1. The summed E-state index contributed by atoms with van der Waals surface area (Å²) in [5.74, 6) is 0.505. The highest BCUT2D eigenvalue weighted by atomic mass is 32.2. The van der Waals surface area contributed by atoms with Gasteiger partial charge in [0.1, 0.15) is 5.82 Å². The van der Waals surface area contributed by atoms with E-state index >= 15 is 0 Å². The molecule has 1 aliphatic heterocycles. The molecule has 0 radical (unpaired) electrons. The van der Waals surface area contributed by atoms with E-state index in [4.69, 9.17) is 0 Å². The second kappa shape index (κ2) is 4.59. The summed E-state index contributed by atoms with van der Waals surface area (Å²) < 4.78 is 25.7. The zero-order chi connectivity index (χ0) is 12.5. The number of nitrogens with zero attached hydrogens (tertiary/aromatic N) is 2. The fourth-order valence-electron chi connectivity index (χ4n) is 1.79. The summed E-state index contributed by atoms with van der Waals surface area (Å²) in [6.45, 7) is 0.528. The Morgan fingerprint density at radius 3 is 2.94 bits per heavy atom. The quantitative estimate of drug-likeness (QED) is 0.788. The van der Waals surface area contributed by atoms with Gasteiger partial charge in [-0.15, -0.1) is 0 Å². The van der Waals surface area contributed by atoms with Crippen molar-refractivity contribution in [1.82, 2.24) is 9.29 Å². The van der Waals surface area contributed by atoms with Crippen molar-refractivity contribution in [3.63, 3.8) is 0 Å². The minimum absolute atomic E-state index is 0.166. The number of anilines is 1. The minimum atomic E-state index is -3.51. The highest BCUT2D eigenvalue weighted by Crippen LogP contribution is 2.21. The van der Waals surface area contributed by atoms with Crippen molar-refractivity contribution in [2.45, 2.75) is 17.4 Å². The lowest BCUT2D eigenvalue weighted by molar-refractivity contribution is 0.189. The first kappa shape index (κ1) is 12.3. The van der Waals surface area contributed by atoms with Gasteiger partial charge in [-0.05, 0) is 12.5 Å². The monoisotopic (exact) mass is 257 g/mol. The van der Waals surface area contributed by atoms with Gasteiger partial charge in [0.2, 0.25) is 10.0 Å². The van der Waals surface area contributed by atoms with Crippen LogP contribution in [0.3, 0.4) is 0 Å². The Morgan fingerprint density at radius 2 is 2.35 bits per heavy atom. The van der Waals surface area contributed by atoms with E-state index in [1.54, 1.807) is 7.05 Å². The molecule has 0 bridgehead atoms. The minimum Gasteiger partial charge on any atom is -0.392 e. The summed E-state index contributed by atoms with van der Waals surface area (Å²) in [5, 5.41) is 12.2. The Bertz CT molecular complexity index is 503. The molecule has 6 nitrogen and oxygen atoms in total. The molecule has 1 saturated heterocycles. The fraction of sp³-hybridized carbons (Fsp3) is 0.500. The van der Waals surface area contributed by atoms with Crippen LogP contribution in [0.25, 0.3) is 0 Å². The summed E-state index contributed by atoms with van der Waals surface area (Å²) in [6.07, 6.45) is 1.38. The van der Waals surface area contributed by atoms with E-state index in [9.17, 15) is 13.5 Å². The number of hydrogen-bond donors (Lipinski definition) is 2. The average Bonchev–Trinajstić information content (AvgIpc) is 2.76. The van der Waals surface area contributed by atoms with Gasteiger partial charge in [-0.25, -0.2) is 13.4 Å². The molecule has 0 saturated carbocycles. The van der Waals surface area contributed by atoms with Crippen LogP contribution in [0.5, 0.6) is 0 Å². The van der Waals surface area contributed by atoms with E-state index in [0.29, 0.717) is 18.8 Å². The first-order valence-corrected chi connectivity index (χ1v) is 6.80. The molecule has 2 rings (SSSR count). The standard InChI is InChI=1S/C10H15N3O3S/c1-11-10-6-9(2-4-12-10)17(15,16)13-5-3-8(14)7-13/h2,4,6,8,14H,3,5,7H2,1H3,(H,11,12). The molecule has 1 unspecified atom stereocenters. The second-order valence-electron chi connectivity index (χ2n) is 3.93. The Kier molecular flexibility index (Phi) is 3.32. The molecule has 17 heavy (non-hydrogen) atoms. The van der Waals surface area contributed by atoms with Crippen molar-refractivity contribution in [3.05, 3.63) is 18.3 Å². The molecule has 1 atom stereocenters.